The standard InChI is InChI=1S/C34H45BrN6O4/c35-29-22-25(8-9-30(29)36)24-45-33(44)41-20-13-28(40-19-10-26-6-2-3-7-31(26)37-32(40)43)23-34(41,14-21-42)39-17-11-27(12-18-39)38-15-4-1-5-16-38/h2-3,6-9,21-22,27-28H,1,4-5,10-20,23-24,36H2,(H,37,43)/t28-,34+/m1/s1. The highest BCUT2D eigenvalue weighted by Gasteiger charge is 2.52. The Morgan fingerprint density at radius 1 is 1.00 bits per heavy atom. The van der Waals surface area contributed by atoms with Gasteiger partial charge >= 0.3 is 12.1 Å². The molecule has 2 aromatic rings. The number of amides is 3. The van der Waals surface area contributed by atoms with Crippen molar-refractivity contribution >= 4 is 45.7 Å². The van der Waals surface area contributed by atoms with Crippen molar-refractivity contribution in [2.75, 3.05) is 50.3 Å². The van der Waals surface area contributed by atoms with E-state index in [1.165, 1.54) is 19.3 Å². The number of rotatable bonds is 7. The molecule has 4 aliphatic rings. The Morgan fingerprint density at radius 2 is 1.76 bits per heavy atom. The molecule has 0 bridgehead atoms. The van der Waals surface area contributed by atoms with Gasteiger partial charge in [-0.2, -0.15) is 0 Å². The van der Waals surface area contributed by atoms with E-state index < -0.39 is 11.8 Å². The van der Waals surface area contributed by atoms with Crippen LogP contribution in [0, 0.1) is 0 Å². The summed E-state index contributed by atoms with van der Waals surface area (Å²) in [4.78, 5) is 48.7. The summed E-state index contributed by atoms with van der Waals surface area (Å²) in [6, 6.07) is 13.7. The van der Waals surface area contributed by atoms with Crippen LogP contribution in [0.3, 0.4) is 0 Å². The molecule has 0 unspecified atom stereocenters. The number of nitrogens with zero attached hydrogens (tertiary/aromatic N) is 4. The van der Waals surface area contributed by atoms with Gasteiger partial charge in [0.1, 0.15) is 18.6 Å². The molecule has 242 valence electrons. The first-order chi connectivity index (χ1) is 21.9. The summed E-state index contributed by atoms with van der Waals surface area (Å²) in [5, 5.41) is 3.11. The zero-order valence-corrected chi connectivity index (χ0v) is 27.6. The molecule has 3 saturated heterocycles. The van der Waals surface area contributed by atoms with Crippen LogP contribution in [0.25, 0.3) is 0 Å². The van der Waals surface area contributed by atoms with E-state index in [0.717, 1.165) is 73.0 Å². The van der Waals surface area contributed by atoms with Crippen molar-refractivity contribution in [1.29, 1.82) is 0 Å². The van der Waals surface area contributed by atoms with Gasteiger partial charge in [-0.15, -0.1) is 0 Å². The number of ether oxygens (including phenoxy) is 1. The summed E-state index contributed by atoms with van der Waals surface area (Å²) < 4.78 is 6.67. The maximum Gasteiger partial charge on any atom is 0.411 e. The molecule has 0 aliphatic carbocycles. The highest BCUT2D eigenvalue weighted by Crippen LogP contribution is 2.40. The van der Waals surface area contributed by atoms with Crippen molar-refractivity contribution in [2.24, 2.45) is 0 Å². The van der Waals surface area contributed by atoms with Crippen LogP contribution < -0.4 is 11.1 Å². The summed E-state index contributed by atoms with van der Waals surface area (Å²) in [6.45, 7) is 4.95. The lowest BCUT2D eigenvalue weighted by Gasteiger charge is -2.57. The molecule has 0 saturated carbocycles. The van der Waals surface area contributed by atoms with Gasteiger partial charge in [0.15, 0.2) is 0 Å². The summed E-state index contributed by atoms with van der Waals surface area (Å²) in [5.74, 6) is 0. The van der Waals surface area contributed by atoms with E-state index in [4.69, 9.17) is 10.5 Å². The Kier molecular flexibility index (Phi) is 9.96. The summed E-state index contributed by atoms with van der Waals surface area (Å²) in [5.41, 5.74) is 8.47. The number of anilines is 2. The van der Waals surface area contributed by atoms with E-state index >= 15 is 0 Å². The van der Waals surface area contributed by atoms with Crippen LogP contribution >= 0.6 is 15.9 Å². The Bertz CT molecular complexity index is 1380. The molecule has 45 heavy (non-hydrogen) atoms. The number of carbonyl (C=O) groups is 3. The van der Waals surface area contributed by atoms with Crippen LogP contribution in [-0.4, -0.2) is 95.0 Å². The van der Waals surface area contributed by atoms with Crippen molar-refractivity contribution in [2.45, 2.75) is 82.1 Å². The lowest BCUT2D eigenvalue weighted by atomic mass is 9.84. The predicted octanol–water partition coefficient (Wildman–Crippen LogP) is 5.46. The second-order valence-electron chi connectivity index (χ2n) is 12.9. The zero-order chi connectivity index (χ0) is 31.4. The molecular formula is C34H45BrN6O4. The second kappa shape index (κ2) is 14.1. The highest BCUT2D eigenvalue weighted by molar-refractivity contribution is 9.10. The predicted molar refractivity (Wildman–Crippen MR) is 178 cm³/mol. The van der Waals surface area contributed by atoms with Gasteiger partial charge in [0.2, 0.25) is 0 Å². The molecule has 0 radical (unpaired) electrons. The number of nitrogen functional groups attached to an aromatic ring is 1. The Morgan fingerprint density at radius 3 is 2.51 bits per heavy atom. The number of fused-ring (bicyclic) bond motifs is 1. The topological polar surface area (TPSA) is 111 Å². The number of carbonyl (C=O) groups excluding carboxylic acids is 3. The number of para-hydroxylation sites is 1. The molecule has 2 aromatic carbocycles. The van der Waals surface area contributed by atoms with Gasteiger partial charge in [0.05, 0.1) is 0 Å². The first-order valence-electron chi connectivity index (χ1n) is 16.4. The second-order valence-corrected chi connectivity index (χ2v) is 13.8. The van der Waals surface area contributed by atoms with E-state index in [1.54, 1.807) is 11.0 Å². The fourth-order valence-electron chi connectivity index (χ4n) is 7.91. The molecule has 4 heterocycles. The SMILES string of the molecule is Nc1ccc(COC(=O)N2CC[C@@H](N3CCc4ccccc4NC3=O)C[C@@]2(CC=O)N2CCC(N3CCCCC3)CC2)cc1Br. The van der Waals surface area contributed by atoms with E-state index in [2.05, 4.69) is 37.1 Å². The monoisotopic (exact) mass is 680 g/mol. The minimum absolute atomic E-state index is 0.0959. The van der Waals surface area contributed by atoms with Crippen molar-refractivity contribution in [3.05, 3.63) is 58.1 Å². The van der Waals surface area contributed by atoms with Crippen LogP contribution in [0.1, 0.15) is 62.5 Å². The number of urea groups is 1. The molecule has 3 fully saturated rings. The number of nitrogens with one attached hydrogen (secondary N) is 1. The van der Waals surface area contributed by atoms with Gasteiger partial charge in [-0.1, -0.05) is 30.7 Å². The largest absolute Gasteiger partial charge is 0.445 e. The van der Waals surface area contributed by atoms with Crippen LogP contribution in [0.15, 0.2) is 46.9 Å². The zero-order valence-electron chi connectivity index (χ0n) is 26.0. The van der Waals surface area contributed by atoms with Gasteiger partial charge in [0, 0.05) is 67.0 Å². The average molecular weight is 682 g/mol. The Labute approximate surface area is 274 Å². The van der Waals surface area contributed by atoms with Crippen LogP contribution in [0.4, 0.5) is 21.0 Å². The van der Waals surface area contributed by atoms with Gasteiger partial charge in [-0.25, -0.2) is 9.59 Å². The summed E-state index contributed by atoms with van der Waals surface area (Å²) >= 11 is 3.46. The first-order valence-corrected chi connectivity index (χ1v) is 17.2. The van der Waals surface area contributed by atoms with E-state index in [1.807, 2.05) is 35.2 Å². The molecule has 0 aromatic heterocycles. The molecule has 0 spiro atoms. The Hall–Kier alpha value is -3.15. The van der Waals surface area contributed by atoms with Crippen LogP contribution in [0.2, 0.25) is 0 Å². The number of piperidine rings is 3. The van der Waals surface area contributed by atoms with Gasteiger partial charge in [0.25, 0.3) is 0 Å². The van der Waals surface area contributed by atoms with E-state index in [0.29, 0.717) is 37.7 Å². The molecular weight excluding hydrogens is 636 g/mol. The fraction of sp³-hybridized carbons (Fsp3) is 0.559. The van der Waals surface area contributed by atoms with Gasteiger partial charge in [-0.05, 0) is 96.9 Å². The molecule has 3 amide bonds. The number of likely N-dealkylation sites (tertiary alicyclic amines) is 3. The fourth-order valence-corrected chi connectivity index (χ4v) is 8.34. The quantitative estimate of drug-likeness (QED) is 0.295. The number of benzene rings is 2. The van der Waals surface area contributed by atoms with Crippen molar-refractivity contribution in [3.63, 3.8) is 0 Å². The number of halogens is 1. The molecule has 4 aliphatic heterocycles. The Balaban J connectivity index is 1.24. The molecule has 6 rings (SSSR count). The summed E-state index contributed by atoms with van der Waals surface area (Å²) in [7, 11) is 0. The molecule has 2 atom stereocenters. The maximum absolute atomic E-state index is 13.9. The van der Waals surface area contributed by atoms with Crippen molar-refractivity contribution in [3.8, 4) is 0 Å². The van der Waals surface area contributed by atoms with Gasteiger partial charge in [-0.3, -0.25) is 9.80 Å². The number of aldehydes is 1. The molecule has 11 heteroatoms. The van der Waals surface area contributed by atoms with Gasteiger partial charge < -0.3 is 30.4 Å². The smallest absolute Gasteiger partial charge is 0.411 e. The minimum atomic E-state index is -0.879. The lowest BCUT2D eigenvalue weighted by molar-refractivity contribution is -0.128. The average Bonchev–Trinajstić information content (AvgIpc) is 3.23. The number of hydrogen-bond donors (Lipinski definition) is 2. The van der Waals surface area contributed by atoms with E-state index in [-0.39, 0.29) is 25.1 Å². The van der Waals surface area contributed by atoms with Crippen LogP contribution in [-0.2, 0) is 22.6 Å². The van der Waals surface area contributed by atoms with Crippen molar-refractivity contribution < 1.29 is 19.1 Å². The number of hydrogen-bond acceptors (Lipinski definition) is 7. The summed E-state index contributed by atoms with van der Waals surface area (Å²) in [6.07, 6.45) is 8.31. The first kappa shape index (κ1) is 31.8. The van der Waals surface area contributed by atoms with Crippen molar-refractivity contribution in [1.82, 2.24) is 19.6 Å². The number of nitrogens with two attached hydrogens (primary N) is 1. The van der Waals surface area contributed by atoms with Crippen LogP contribution in [0.5, 0.6) is 0 Å². The third-order valence-electron chi connectivity index (χ3n) is 10.4. The lowest BCUT2D eigenvalue weighted by Crippen LogP contribution is -2.70. The highest BCUT2D eigenvalue weighted by atomic mass is 79.9. The third-order valence-corrected chi connectivity index (χ3v) is 11.0. The minimum Gasteiger partial charge on any atom is -0.445 e. The van der Waals surface area contributed by atoms with E-state index in [9.17, 15) is 14.4 Å². The maximum atomic E-state index is 13.9. The molecule has 3 N–H and O–H groups in total. The third kappa shape index (κ3) is 6.85. The normalized spacial score (nSPS) is 25.3. The molecule has 10 nitrogen and oxygen atoms in total.